The largest absolute Gasteiger partial charge is 0.467 e. The maximum Gasteiger partial charge on any atom is 0.328 e. The number of fused-ring (bicyclic) bond motifs is 3. The van der Waals surface area contributed by atoms with E-state index in [4.69, 9.17) is 19.7 Å². The molecular formula is C33H41N9O2. The number of anilines is 3. The highest BCUT2D eigenvalue weighted by Gasteiger charge is 2.43. The Labute approximate surface area is 258 Å². The van der Waals surface area contributed by atoms with Crippen LogP contribution in [0.25, 0.3) is 10.9 Å². The Morgan fingerprint density at radius 3 is 1.95 bits per heavy atom. The first-order valence-electron chi connectivity index (χ1n) is 15.5. The molecule has 2 aromatic carbocycles. The minimum atomic E-state index is -0.624. The van der Waals surface area contributed by atoms with Gasteiger partial charge in [0.05, 0.1) is 13.2 Å². The second-order valence-electron chi connectivity index (χ2n) is 12.3. The van der Waals surface area contributed by atoms with Crippen molar-refractivity contribution >= 4 is 34.7 Å². The van der Waals surface area contributed by atoms with Crippen LogP contribution in [0.5, 0.6) is 0 Å². The molecule has 2 atom stereocenters. The summed E-state index contributed by atoms with van der Waals surface area (Å²) in [5.74, 6) is 1.50. The standard InChI is InChI=1S/C33H41N9O2/c1-22-9-11-23(12-10-22)29-28-25(24-7-5-6-8-26(24)34-28)21-27(30(43)44-4)42(29)33-36-31(40-17-13-38(2)14-18-40)35-32(37-33)41-19-15-39(3)16-20-41/h5-12,27,29,34H,13-21H2,1-4H3/t27-,29-/m1/s1. The highest BCUT2D eigenvalue weighted by atomic mass is 16.5. The SMILES string of the molecule is COC(=O)[C@H]1Cc2c([nH]c3ccccc23)[C@@H](c2ccc(C)cc2)N1c1nc(N2CCN(C)CC2)nc(N2CCN(C)CC2)n1. The molecule has 11 nitrogen and oxygen atoms in total. The van der Waals surface area contributed by atoms with Crippen molar-refractivity contribution in [3.05, 3.63) is 70.9 Å². The summed E-state index contributed by atoms with van der Waals surface area (Å²) in [6.07, 6.45) is 0.480. The highest BCUT2D eigenvalue weighted by Crippen LogP contribution is 2.43. The van der Waals surface area contributed by atoms with Gasteiger partial charge in [-0.05, 0) is 38.2 Å². The lowest BCUT2D eigenvalue weighted by Crippen LogP contribution is -2.51. The predicted octanol–water partition coefficient (Wildman–Crippen LogP) is 2.86. The van der Waals surface area contributed by atoms with Crippen molar-refractivity contribution in [2.45, 2.75) is 25.4 Å². The van der Waals surface area contributed by atoms with E-state index in [-0.39, 0.29) is 12.0 Å². The Balaban J connectivity index is 1.42. The minimum absolute atomic E-state index is 0.305. The summed E-state index contributed by atoms with van der Waals surface area (Å²) in [4.78, 5) is 44.0. The lowest BCUT2D eigenvalue weighted by atomic mass is 9.88. The number of benzene rings is 2. The molecule has 1 N–H and O–H groups in total. The van der Waals surface area contributed by atoms with Crippen molar-refractivity contribution < 1.29 is 9.53 Å². The fourth-order valence-corrected chi connectivity index (χ4v) is 6.70. The molecule has 0 saturated carbocycles. The quantitative estimate of drug-likeness (QED) is 0.347. The van der Waals surface area contributed by atoms with Gasteiger partial charge in [-0.25, -0.2) is 4.79 Å². The molecule has 5 heterocycles. The van der Waals surface area contributed by atoms with E-state index in [0.717, 1.165) is 80.1 Å². The number of aryl methyl sites for hydroxylation is 1. The van der Waals surface area contributed by atoms with Gasteiger partial charge in [0.15, 0.2) is 0 Å². The Morgan fingerprint density at radius 1 is 0.795 bits per heavy atom. The van der Waals surface area contributed by atoms with Crippen molar-refractivity contribution in [1.82, 2.24) is 29.7 Å². The maximum atomic E-state index is 13.7. The molecule has 0 unspecified atom stereocenters. The first-order valence-corrected chi connectivity index (χ1v) is 15.5. The lowest BCUT2D eigenvalue weighted by Gasteiger charge is -2.42. The number of para-hydroxylation sites is 1. The van der Waals surface area contributed by atoms with Crippen LogP contribution >= 0.6 is 0 Å². The monoisotopic (exact) mass is 595 g/mol. The first-order chi connectivity index (χ1) is 21.4. The van der Waals surface area contributed by atoms with Gasteiger partial charge < -0.3 is 34.2 Å². The van der Waals surface area contributed by atoms with Crippen LogP contribution in [0.2, 0.25) is 0 Å². The third kappa shape index (κ3) is 5.24. The number of ether oxygens (including phenoxy) is 1. The summed E-state index contributed by atoms with van der Waals surface area (Å²) in [7, 11) is 5.75. The molecule has 4 aromatic rings. The third-order valence-electron chi connectivity index (χ3n) is 9.40. The zero-order chi connectivity index (χ0) is 30.4. The number of aromatic amines is 1. The summed E-state index contributed by atoms with van der Waals surface area (Å²) < 4.78 is 5.47. The van der Waals surface area contributed by atoms with E-state index in [1.165, 1.54) is 12.7 Å². The number of methoxy groups -OCH3 is 1. The van der Waals surface area contributed by atoms with Crippen molar-refractivity contribution in [3.8, 4) is 0 Å². The smallest absolute Gasteiger partial charge is 0.328 e. The van der Waals surface area contributed by atoms with Gasteiger partial charge in [-0.3, -0.25) is 0 Å². The maximum absolute atomic E-state index is 13.7. The number of aromatic nitrogens is 4. The second-order valence-corrected chi connectivity index (χ2v) is 12.3. The summed E-state index contributed by atoms with van der Waals surface area (Å²) >= 11 is 0. The number of H-pyrrole nitrogens is 1. The van der Waals surface area contributed by atoms with Gasteiger partial charge in [0, 0.05) is 75.4 Å². The number of rotatable bonds is 5. The third-order valence-corrected chi connectivity index (χ3v) is 9.40. The van der Waals surface area contributed by atoms with Crippen molar-refractivity contribution in [2.24, 2.45) is 0 Å². The second kappa shape index (κ2) is 11.7. The molecule has 0 amide bonds. The number of likely N-dealkylation sites (N-methyl/N-ethyl adjacent to an activating group) is 2. The van der Waals surface area contributed by atoms with E-state index >= 15 is 0 Å². The number of nitrogens with zero attached hydrogens (tertiary/aromatic N) is 8. The lowest BCUT2D eigenvalue weighted by molar-refractivity contribution is -0.142. The van der Waals surface area contributed by atoms with E-state index in [9.17, 15) is 4.79 Å². The van der Waals surface area contributed by atoms with Crippen LogP contribution in [0.15, 0.2) is 48.5 Å². The first kappa shape index (κ1) is 28.5. The molecule has 7 rings (SSSR count). The van der Waals surface area contributed by atoms with Crippen molar-refractivity contribution in [3.63, 3.8) is 0 Å². The number of piperazine rings is 2. The highest BCUT2D eigenvalue weighted by molar-refractivity contribution is 5.89. The fraction of sp³-hybridized carbons (Fsp3) is 0.455. The summed E-state index contributed by atoms with van der Waals surface area (Å²) in [5, 5.41) is 1.13. The molecule has 0 bridgehead atoms. The molecule has 2 aromatic heterocycles. The molecule has 230 valence electrons. The summed E-state index contributed by atoms with van der Waals surface area (Å²) in [5.41, 5.74) is 5.46. The van der Waals surface area contributed by atoms with E-state index < -0.39 is 6.04 Å². The number of carbonyl (C=O) groups is 1. The van der Waals surface area contributed by atoms with E-state index in [1.807, 2.05) is 12.1 Å². The Kier molecular flexibility index (Phi) is 7.59. The van der Waals surface area contributed by atoms with E-state index in [0.29, 0.717) is 24.3 Å². The van der Waals surface area contributed by atoms with E-state index in [2.05, 4.69) is 86.9 Å². The average Bonchev–Trinajstić information content (AvgIpc) is 3.43. The van der Waals surface area contributed by atoms with Crippen LogP contribution in [0.4, 0.5) is 17.8 Å². The fourth-order valence-electron chi connectivity index (χ4n) is 6.70. The van der Waals surface area contributed by atoms with Crippen LogP contribution in [-0.4, -0.2) is 115 Å². The molecule has 2 fully saturated rings. The Morgan fingerprint density at radius 2 is 1.36 bits per heavy atom. The van der Waals surface area contributed by atoms with Gasteiger partial charge in [-0.2, -0.15) is 15.0 Å². The normalized spacial score (nSPS) is 21.5. The Bertz CT molecular complexity index is 1600. The van der Waals surface area contributed by atoms with Crippen LogP contribution in [0, 0.1) is 6.92 Å². The molecule has 0 aliphatic carbocycles. The zero-order valence-electron chi connectivity index (χ0n) is 26.0. The van der Waals surface area contributed by atoms with Gasteiger partial charge in [0.2, 0.25) is 17.8 Å². The van der Waals surface area contributed by atoms with Crippen molar-refractivity contribution in [2.75, 3.05) is 88.3 Å². The topological polar surface area (TPSA) is 97.0 Å². The molecule has 0 spiro atoms. The van der Waals surface area contributed by atoms with Gasteiger partial charge in [-0.1, -0.05) is 48.0 Å². The predicted molar refractivity (Wildman–Crippen MR) is 173 cm³/mol. The molecule has 3 aliphatic heterocycles. The van der Waals surface area contributed by atoms with Gasteiger partial charge in [0.1, 0.15) is 6.04 Å². The zero-order valence-corrected chi connectivity index (χ0v) is 26.0. The summed E-state index contributed by atoms with van der Waals surface area (Å²) in [6.45, 7) is 9.14. The average molecular weight is 596 g/mol. The van der Waals surface area contributed by atoms with Gasteiger partial charge in [-0.15, -0.1) is 0 Å². The van der Waals surface area contributed by atoms with Crippen LogP contribution in [0.3, 0.4) is 0 Å². The van der Waals surface area contributed by atoms with Gasteiger partial charge >= 0.3 is 5.97 Å². The minimum Gasteiger partial charge on any atom is -0.467 e. The van der Waals surface area contributed by atoms with Crippen LogP contribution in [-0.2, 0) is 16.0 Å². The number of carbonyl (C=O) groups excluding carboxylic acids is 1. The molecule has 2 saturated heterocycles. The summed E-state index contributed by atoms with van der Waals surface area (Å²) in [6, 6.07) is 15.9. The molecule has 44 heavy (non-hydrogen) atoms. The number of nitrogens with one attached hydrogen (secondary N) is 1. The van der Waals surface area contributed by atoms with Crippen LogP contribution in [0.1, 0.15) is 28.4 Å². The number of hydrogen-bond donors (Lipinski definition) is 1. The number of esters is 1. The van der Waals surface area contributed by atoms with E-state index in [1.54, 1.807) is 0 Å². The molecule has 11 heteroatoms. The molecule has 0 radical (unpaired) electrons. The Hall–Kier alpha value is -4.22. The van der Waals surface area contributed by atoms with Crippen LogP contribution < -0.4 is 14.7 Å². The molecule has 3 aliphatic rings. The molecular weight excluding hydrogens is 554 g/mol. The number of hydrogen-bond acceptors (Lipinski definition) is 10. The van der Waals surface area contributed by atoms with Gasteiger partial charge in [0.25, 0.3) is 0 Å². The van der Waals surface area contributed by atoms with Crippen molar-refractivity contribution in [1.29, 1.82) is 0 Å².